The van der Waals surface area contributed by atoms with Gasteiger partial charge in [0.15, 0.2) is 11.5 Å². The summed E-state index contributed by atoms with van der Waals surface area (Å²) in [5.74, 6) is 3.14. The fraction of sp³-hybridized carbons (Fsp3) is 0.647. The summed E-state index contributed by atoms with van der Waals surface area (Å²) in [6.07, 6.45) is 0.948. The van der Waals surface area contributed by atoms with Crippen LogP contribution in [0.25, 0.3) is 0 Å². The first-order chi connectivity index (χ1) is 9.58. The Morgan fingerprint density at radius 2 is 1.75 bits per heavy atom. The zero-order valence-electron chi connectivity index (χ0n) is 13.1. The maximum atomic E-state index is 5.75. The monoisotopic (exact) mass is 277 g/mol. The Morgan fingerprint density at radius 3 is 2.45 bits per heavy atom. The largest absolute Gasteiger partial charge is 0.490 e. The zero-order chi connectivity index (χ0) is 14.5. The van der Waals surface area contributed by atoms with Crippen molar-refractivity contribution in [2.75, 3.05) is 19.8 Å². The maximum absolute atomic E-state index is 5.75. The van der Waals surface area contributed by atoms with Crippen LogP contribution in [0.15, 0.2) is 18.2 Å². The summed E-state index contributed by atoms with van der Waals surface area (Å²) in [7, 11) is 0. The van der Waals surface area contributed by atoms with Gasteiger partial charge in [-0.1, -0.05) is 26.8 Å². The normalized spacial score (nSPS) is 17.6. The van der Waals surface area contributed by atoms with Crippen molar-refractivity contribution < 1.29 is 9.47 Å². The third-order valence-electron chi connectivity index (χ3n) is 4.16. The molecule has 1 heterocycles. The molecule has 112 valence electrons. The van der Waals surface area contributed by atoms with Crippen molar-refractivity contribution in [1.29, 1.82) is 0 Å². The van der Waals surface area contributed by atoms with Gasteiger partial charge in [0, 0.05) is 12.5 Å². The molecule has 0 radical (unpaired) electrons. The lowest BCUT2D eigenvalue weighted by Gasteiger charge is -2.21. The minimum Gasteiger partial charge on any atom is -0.490 e. The Labute approximate surface area is 122 Å². The molecule has 2 unspecified atom stereocenters. The van der Waals surface area contributed by atoms with Gasteiger partial charge in [-0.15, -0.1) is 0 Å². The first-order valence-electron chi connectivity index (χ1n) is 7.71. The topological polar surface area (TPSA) is 30.5 Å². The number of benzene rings is 1. The van der Waals surface area contributed by atoms with E-state index in [1.54, 1.807) is 0 Å². The molecule has 0 aliphatic carbocycles. The van der Waals surface area contributed by atoms with E-state index in [4.69, 9.17) is 9.47 Å². The smallest absolute Gasteiger partial charge is 0.161 e. The van der Waals surface area contributed by atoms with Gasteiger partial charge in [-0.2, -0.15) is 0 Å². The lowest BCUT2D eigenvalue weighted by atomic mass is 9.97. The van der Waals surface area contributed by atoms with E-state index in [-0.39, 0.29) is 0 Å². The van der Waals surface area contributed by atoms with Gasteiger partial charge < -0.3 is 14.8 Å². The molecule has 1 aromatic carbocycles. The highest BCUT2D eigenvalue weighted by Gasteiger charge is 2.14. The molecule has 3 heteroatoms. The fourth-order valence-corrected chi connectivity index (χ4v) is 2.17. The number of ether oxygens (including phenoxy) is 2. The molecule has 1 aromatic rings. The van der Waals surface area contributed by atoms with Gasteiger partial charge in [-0.05, 0) is 43.0 Å². The van der Waals surface area contributed by atoms with Gasteiger partial charge in [-0.25, -0.2) is 0 Å². The summed E-state index contributed by atoms with van der Waals surface area (Å²) >= 11 is 0. The van der Waals surface area contributed by atoms with Crippen molar-refractivity contribution in [3.63, 3.8) is 0 Å². The standard InChI is InChI=1S/C17H27NO2/c1-12(2)13(3)11-18-14(4)15-6-7-16-17(10-15)20-9-5-8-19-16/h6-7,10,12-14,18H,5,8-9,11H2,1-4H3. The van der Waals surface area contributed by atoms with Crippen molar-refractivity contribution in [2.45, 2.75) is 40.2 Å². The predicted molar refractivity (Wildman–Crippen MR) is 82.5 cm³/mol. The van der Waals surface area contributed by atoms with Gasteiger partial charge >= 0.3 is 0 Å². The molecule has 0 amide bonds. The van der Waals surface area contributed by atoms with Gasteiger partial charge in [0.1, 0.15) is 0 Å². The molecule has 3 nitrogen and oxygen atoms in total. The van der Waals surface area contributed by atoms with E-state index in [0.717, 1.165) is 37.7 Å². The summed E-state index contributed by atoms with van der Waals surface area (Å²) in [6.45, 7) is 11.5. The van der Waals surface area contributed by atoms with Gasteiger partial charge in [0.25, 0.3) is 0 Å². The molecular weight excluding hydrogens is 250 g/mol. The minimum atomic E-state index is 0.327. The second-order valence-corrected chi connectivity index (χ2v) is 6.11. The average molecular weight is 277 g/mol. The number of hydrogen-bond acceptors (Lipinski definition) is 3. The van der Waals surface area contributed by atoms with E-state index in [9.17, 15) is 0 Å². The van der Waals surface area contributed by atoms with Gasteiger partial charge in [0.05, 0.1) is 13.2 Å². The van der Waals surface area contributed by atoms with E-state index >= 15 is 0 Å². The Hall–Kier alpha value is -1.22. The molecule has 0 aromatic heterocycles. The van der Waals surface area contributed by atoms with Crippen LogP contribution in [0.4, 0.5) is 0 Å². The molecule has 20 heavy (non-hydrogen) atoms. The Balaban J connectivity index is 1.99. The van der Waals surface area contributed by atoms with Crippen LogP contribution in [0.3, 0.4) is 0 Å². The minimum absolute atomic E-state index is 0.327. The van der Waals surface area contributed by atoms with Crippen LogP contribution >= 0.6 is 0 Å². The first-order valence-corrected chi connectivity index (χ1v) is 7.71. The SMILES string of the molecule is CC(NCC(C)C(C)C)c1ccc2c(c1)OCCCO2. The van der Waals surface area contributed by atoms with Crippen molar-refractivity contribution in [3.8, 4) is 11.5 Å². The van der Waals surface area contributed by atoms with Gasteiger partial charge in [0.2, 0.25) is 0 Å². The van der Waals surface area contributed by atoms with E-state index in [0.29, 0.717) is 17.9 Å². The van der Waals surface area contributed by atoms with Gasteiger partial charge in [-0.3, -0.25) is 0 Å². The van der Waals surface area contributed by atoms with E-state index in [1.165, 1.54) is 5.56 Å². The lowest BCUT2D eigenvalue weighted by Crippen LogP contribution is -2.26. The molecule has 0 saturated carbocycles. The summed E-state index contributed by atoms with van der Waals surface area (Å²) in [5, 5.41) is 3.61. The van der Waals surface area contributed by atoms with E-state index in [1.807, 2.05) is 6.07 Å². The maximum Gasteiger partial charge on any atom is 0.161 e. The second kappa shape index (κ2) is 6.98. The number of hydrogen-bond donors (Lipinski definition) is 1. The van der Waals surface area contributed by atoms with E-state index < -0.39 is 0 Å². The predicted octanol–water partition coefficient (Wildman–Crippen LogP) is 3.79. The third-order valence-corrected chi connectivity index (χ3v) is 4.16. The molecule has 0 bridgehead atoms. The number of rotatable bonds is 5. The quantitative estimate of drug-likeness (QED) is 0.888. The number of nitrogens with one attached hydrogen (secondary N) is 1. The van der Waals surface area contributed by atoms with Crippen molar-refractivity contribution in [3.05, 3.63) is 23.8 Å². The summed E-state index contributed by atoms with van der Waals surface area (Å²) in [4.78, 5) is 0. The van der Waals surface area contributed by atoms with Crippen molar-refractivity contribution in [1.82, 2.24) is 5.32 Å². The molecular formula is C17H27NO2. The average Bonchev–Trinajstić information content (AvgIpc) is 2.68. The van der Waals surface area contributed by atoms with Crippen LogP contribution in [0, 0.1) is 11.8 Å². The molecule has 0 saturated heterocycles. The van der Waals surface area contributed by atoms with E-state index in [2.05, 4.69) is 45.1 Å². The Morgan fingerprint density at radius 1 is 1.05 bits per heavy atom. The lowest BCUT2D eigenvalue weighted by molar-refractivity contribution is 0.297. The molecule has 1 aliphatic heterocycles. The molecule has 2 rings (SSSR count). The fourth-order valence-electron chi connectivity index (χ4n) is 2.17. The van der Waals surface area contributed by atoms with Crippen LogP contribution in [0.2, 0.25) is 0 Å². The summed E-state index contributed by atoms with van der Waals surface area (Å²) in [5.41, 5.74) is 1.25. The molecule has 0 spiro atoms. The van der Waals surface area contributed by atoms with Crippen molar-refractivity contribution >= 4 is 0 Å². The zero-order valence-corrected chi connectivity index (χ0v) is 13.1. The van der Waals surface area contributed by atoms with Crippen LogP contribution < -0.4 is 14.8 Å². The highest BCUT2D eigenvalue weighted by molar-refractivity contribution is 5.44. The molecule has 1 N–H and O–H groups in total. The van der Waals surface area contributed by atoms with Crippen LogP contribution in [0.5, 0.6) is 11.5 Å². The Kier molecular flexibility index (Phi) is 5.30. The first kappa shape index (κ1) is 15.2. The third kappa shape index (κ3) is 3.89. The molecule has 2 atom stereocenters. The summed E-state index contributed by atoms with van der Waals surface area (Å²) in [6, 6.07) is 6.59. The van der Waals surface area contributed by atoms with Crippen molar-refractivity contribution in [2.24, 2.45) is 11.8 Å². The van der Waals surface area contributed by atoms with Crippen LogP contribution in [-0.2, 0) is 0 Å². The van der Waals surface area contributed by atoms with Crippen LogP contribution in [0.1, 0.15) is 45.7 Å². The molecule has 0 fully saturated rings. The number of fused-ring (bicyclic) bond motifs is 1. The summed E-state index contributed by atoms with van der Waals surface area (Å²) < 4.78 is 11.4. The highest BCUT2D eigenvalue weighted by atomic mass is 16.5. The second-order valence-electron chi connectivity index (χ2n) is 6.11. The highest BCUT2D eigenvalue weighted by Crippen LogP contribution is 2.32. The molecule has 1 aliphatic rings. The van der Waals surface area contributed by atoms with Crippen LogP contribution in [-0.4, -0.2) is 19.8 Å². The Bertz CT molecular complexity index is 431.